The summed E-state index contributed by atoms with van der Waals surface area (Å²) in [7, 11) is 0. The molecular weight excluding hydrogens is 114 g/mol. The van der Waals surface area contributed by atoms with E-state index in [9.17, 15) is 4.79 Å². The molecule has 0 spiro atoms. The van der Waals surface area contributed by atoms with E-state index in [2.05, 4.69) is 6.58 Å². The van der Waals surface area contributed by atoms with Gasteiger partial charge in [0.25, 0.3) is 0 Å². The first-order valence-corrected chi connectivity index (χ1v) is 2.99. The maximum Gasteiger partial charge on any atom is 0.162 e. The van der Waals surface area contributed by atoms with Crippen LogP contribution in [0.2, 0.25) is 0 Å². The average molecular weight is 127 g/mol. The van der Waals surface area contributed by atoms with Crippen molar-refractivity contribution in [2.75, 3.05) is 6.54 Å². The van der Waals surface area contributed by atoms with Gasteiger partial charge in [0.15, 0.2) is 5.78 Å². The van der Waals surface area contributed by atoms with Crippen molar-refractivity contribution in [1.82, 2.24) is 0 Å². The van der Waals surface area contributed by atoms with Crippen LogP contribution in [0.3, 0.4) is 0 Å². The molecule has 0 saturated heterocycles. The van der Waals surface area contributed by atoms with Gasteiger partial charge in [-0.25, -0.2) is 0 Å². The van der Waals surface area contributed by atoms with E-state index in [-0.39, 0.29) is 11.7 Å². The molecule has 0 aromatic carbocycles. The summed E-state index contributed by atoms with van der Waals surface area (Å²) in [6.07, 6.45) is 0. The van der Waals surface area contributed by atoms with Crippen molar-refractivity contribution in [3.05, 3.63) is 12.2 Å². The summed E-state index contributed by atoms with van der Waals surface area (Å²) in [5, 5.41) is 0. The second-order valence-corrected chi connectivity index (χ2v) is 2.28. The maximum absolute atomic E-state index is 10.9. The van der Waals surface area contributed by atoms with Crippen LogP contribution in [0.1, 0.15) is 13.8 Å². The number of Topliss-reactive ketones (excluding diaryl/α,β-unsaturated/α-hetero) is 1. The zero-order valence-electron chi connectivity index (χ0n) is 5.98. The van der Waals surface area contributed by atoms with Crippen molar-refractivity contribution in [3.63, 3.8) is 0 Å². The third kappa shape index (κ3) is 2.42. The van der Waals surface area contributed by atoms with Gasteiger partial charge < -0.3 is 5.73 Å². The highest BCUT2D eigenvalue weighted by Gasteiger charge is 2.09. The van der Waals surface area contributed by atoms with E-state index < -0.39 is 0 Å². The first-order valence-electron chi connectivity index (χ1n) is 2.99. The van der Waals surface area contributed by atoms with E-state index in [1.54, 1.807) is 13.8 Å². The molecule has 0 rings (SSSR count). The van der Waals surface area contributed by atoms with Crippen molar-refractivity contribution in [1.29, 1.82) is 0 Å². The Labute approximate surface area is 55.7 Å². The third-order valence-electron chi connectivity index (χ3n) is 1.22. The highest BCUT2D eigenvalue weighted by Crippen LogP contribution is 2.00. The molecule has 1 atom stereocenters. The molecular formula is C7H13NO. The van der Waals surface area contributed by atoms with Crippen LogP contribution in [0.4, 0.5) is 0 Å². The lowest BCUT2D eigenvalue weighted by Crippen LogP contribution is -2.20. The lowest BCUT2D eigenvalue weighted by Gasteiger charge is -2.04. The molecule has 2 N–H and O–H groups in total. The molecule has 0 aromatic rings. The predicted octanol–water partition coefficient (Wildman–Crippen LogP) is 0.726. The molecule has 52 valence electrons. The Bertz CT molecular complexity index is 129. The minimum atomic E-state index is -0.0671. The Morgan fingerprint density at radius 3 is 2.33 bits per heavy atom. The molecule has 0 aliphatic rings. The molecule has 0 amide bonds. The van der Waals surface area contributed by atoms with Crippen molar-refractivity contribution >= 4 is 5.78 Å². The molecule has 0 saturated carbocycles. The van der Waals surface area contributed by atoms with Gasteiger partial charge in [-0.15, -0.1) is 0 Å². The SMILES string of the molecule is C=C(C)C(=O)C(C)CN. The third-order valence-corrected chi connectivity index (χ3v) is 1.22. The molecule has 0 fully saturated rings. The van der Waals surface area contributed by atoms with E-state index in [0.717, 1.165) is 0 Å². The second-order valence-electron chi connectivity index (χ2n) is 2.28. The quantitative estimate of drug-likeness (QED) is 0.568. The van der Waals surface area contributed by atoms with Crippen LogP contribution in [0, 0.1) is 5.92 Å². The molecule has 0 aliphatic carbocycles. The van der Waals surface area contributed by atoms with Crippen molar-refractivity contribution in [2.24, 2.45) is 11.7 Å². The standard InChI is InChI=1S/C7H13NO/c1-5(2)7(9)6(3)4-8/h6H,1,4,8H2,2-3H3. The molecule has 0 aromatic heterocycles. The Morgan fingerprint density at radius 2 is 2.22 bits per heavy atom. The number of ketones is 1. The number of hydrogen-bond donors (Lipinski definition) is 1. The van der Waals surface area contributed by atoms with E-state index in [4.69, 9.17) is 5.73 Å². The van der Waals surface area contributed by atoms with Crippen LogP contribution in [-0.2, 0) is 4.79 Å². The number of allylic oxidation sites excluding steroid dienone is 1. The van der Waals surface area contributed by atoms with Crippen LogP contribution in [0.5, 0.6) is 0 Å². The van der Waals surface area contributed by atoms with Gasteiger partial charge in [-0.05, 0) is 12.5 Å². The summed E-state index contributed by atoms with van der Waals surface area (Å²) in [6, 6.07) is 0. The fourth-order valence-corrected chi connectivity index (χ4v) is 0.528. The van der Waals surface area contributed by atoms with Crippen molar-refractivity contribution in [3.8, 4) is 0 Å². The summed E-state index contributed by atoms with van der Waals surface area (Å²) in [4.78, 5) is 10.9. The summed E-state index contributed by atoms with van der Waals surface area (Å²) >= 11 is 0. The highest BCUT2D eigenvalue weighted by atomic mass is 16.1. The number of nitrogens with two attached hydrogens (primary N) is 1. The minimum Gasteiger partial charge on any atom is -0.330 e. The molecule has 2 heteroatoms. The normalized spacial score (nSPS) is 12.8. The summed E-state index contributed by atoms with van der Waals surface area (Å²) in [6.45, 7) is 7.43. The predicted molar refractivity (Wildman–Crippen MR) is 38.0 cm³/mol. The van der Waals surface area contributed by atoms with Gasteiger partial charge in [0, 0.05) is 12.5 Å². The Kier molecular flexibility index (Phi) is 3.17. The van der Waals surface area contributed by atoms with Crippen molar-refractivity contribution < 1.29 is 4.79 Å². The molecule has 0 radical (unpaired) electrons. The topological polar surface area (TPSA) is 43.1 Å². The lowest BCUT2D eigenvalue weighted by atomic mass is 10.0. The Balaban J connectivity index is 3.88. The van der Waals surface area contributed by atoms with Crippen LogP contribution in [0.15, 0.2) is 12.2 Å². The minimum absolute atomic E-state index is 0.0671. The largest absolute Gasteiger partial charge is 0.330 e. The van der Waals surface area contributed by atoms with Crippen LogP contribution in [-0.4, -0.2) is 12.3 Å². The fraction of sp³-hybridized carbons (Fsp3) is 0.571. The van der Waals surface area contributed by atoms with Gasteiger partial charge in [-0.1, -0.05) is 13.5 Å². The first kappa shape index (κ1) is 8.37. The van der Waals surface area contributed by atoms with Gasteiger partial charge in [0.05, 0.1) is 0 Å². The van der Waals surface area contributed by atoms with E-state index in [1.807, 2.05) is 0 Å². The zero-order chi connectivity index (χ0) is 7.44. The van der Waals surface area contributed by atoms with Crippen LogP contribution >= 0.6 is 0 Å². The smallest absolute Gasteiger partial charge is 0.162 e. The number of rotatable bonds is 3. The monoisotopic (exact) mass is 127 g/mol. The number of hydrogen-bond acceptors (Lipinski definition) is 2. The molecule has 0 heterocycles. The maximum atomic E-state index is 10.9. The van der Waals surface area contributed by atoms with Gasteiger partial charge in [0.1, 0.15) is 0 Å². The zero-order valence-corrected chi connectivity index (χ0v) is 5.98. The van der Waals surface area contributed by atoms with Crippen molar-refractivity contribution in [2.45, 2.75) is 13.8 Å². The number of carbonyl (C=O) groups excluding carboxylic acids is 1. The molecule has 0 bridgehead atoms. The van der Waals surface area contributed by atoms with Crippen LogP contribution < -0.4 is 5.73 Å². The second kappa shape index (κ2) is 3.41. The van der Waals surface area contributed by atoms with E-state index in [0.29, 0.717) is 12.1 Å². The Hall–Kier alpha value is -0.630. The summed E-state index contributed by atoms with van der Waals surface area (Å²) < 4.78 is 0. The molecule has 1 unspecified atom stereocenters. The molecule has 9 heavy (non-hydrogen) atoms. The highest BCUT2D eigenvalue weighted by molar-refractivity contribution is 5.95. The average Bonchev–Trinajstić information content (AvgIpc) is 1.84. The van der Waals surface area contributed by atoms with Crippen LogP contribution in [0.25, 0.3) is 0 Å². The van der Waals surface area contributed by atoms with Gasteiger partial charge in [-0.2, -0.15) is 0 Å². The molecule has 0 aliphatic heterocycles. The van der Waals surface area contributed by atoms with E-state index in [1.165, 1.54) is 0 Å². The summed E-state index contributed by atoms with van der Waals surface area (Å²) in [5.74, 6) is 0. The Morgan fingerprint density at radius 1 is 1.78 bits per heavy atom. The number of carbonyl (C=O) groups is 1. The molecule has 2 nitrogen and oxygen atoms in total. The van der Waals surface area contributed by atoms with Gasteiger partial charge in [-0.3, -0.25) is 4.79 Å². The van der Waals surface area contributed by atoms with Gasteiger partial charge >= 0.3 is 0 Å². The fourth-order valence-electron chi connectivity index (χ4n) is 0.528. The van der Waals surface area contributed by atoms with Gasteiger partial charge in [0.2, 0.25) is 0 Å². The first-order chi connectivity index (χ1) is 4.09. The summed E-state index contributed by atoms with van der Waals surface area (Å²) in [5.41, 5.74) is 5.84. The lowest BCUT2D eigenvalue weighted by molar-refractivity contribution is -0.118. The van der Waals surface area contributed by atoms with E-state index >= 15 is 0 Å².